The Morgan fingerprint density at radius 1 is 0.333 bits per heavy atom. The lowest BCUT2D eigenvalue weighted by molar-refractivity contribution is 0.671. The molecule has 0 N–H and O–H groups in total. The molecular formula is C58H36N4O. The first kappa shape index (κ1) is 35.2. The summed E-state index contributed by atoms with van der Waals surface area (Å²) < 4.78 is 11.8. The van der Waals surface area contributed by atoms with Gasteiger partial charge in [-0.15, -0.1) is 0 Å². The van der Waals surface area contributed by atoms with Crippen LogP contribution in [0.25, 0.3) is 122 Å². The largest absolute Gasteiger partial charge is 0.454 e. The standard InChI is InChI=1S/C58H36N4O/c1-4-17-37(18-5-1)40-21-16-22-41(35-40)48-36-47(59-58(60-48)39-19-6-2-7-20-39)38-31-33-43(34-32-38)61-49-28-13-10-25-44(49)52-53-46-27-12-15-30-51(46)63-57(53)56-54(55(52)61)45-26-11-14-29-50(45)62(56)42-23-8-3-9-24-42/h1-36H. The average Bonchev–Trinajstić information content (AvgIpc) is 4.03. The first-order valence-electron chi connectivity index (χ1n) is 21.3. The lowest BCUT2D eigenvalue weighted by atomic mass is 10.0. The summed E-state index contributed by atoms with van der Waals surface area (Å²) >= 11 is 0. The summed E-state index contributed by atoms with van der Waals surface area (Å²) in [7, 11) is 0. The molecule has 0 atom stereocenters. The van der Waals surface area contributed by atoms with Gasteiger partial charge in [-0.3, -0.25) is 0 Å². The van der Waals surface area contributed by atoms with Crippen molar-refractivity contribution in [2.24, 2.45) is 0 Å². The van der Waals surface area contributed by atoms with Crippen LogP contribution in [0, 0.1) is 0 Å². The van der Waals surface area contributed by atoms with E-state index in [1.165, 1.54) is 21.7 Å². The molecule has 0 aliphatic rings. The Morgan fingerprint density at radius 3 is 1.57 bits per heavy atom. The van der Waals surface area contributed by atoms with Crippen LogP contribution in [0.1, 0.15) is 0 Å². The molecule has 4 heterocycles. The van der Waals surface area contributed by atoms with Gasteiger partial charge in [0.1, 0.15) is 5.58 Å². The molecule has 4 aromatic heterocycles. The van der Waals surface area contributed by atoms with E-state index in [-0.39, 0.29) is 0 Å². The minimum atomic E-state index is 0.688. The van der Waals surface area contributed by atoms with Crippen molar-refractivity contribution in [2.45, 2.75) is 0 Å². The second-order valence-electron chi connectivity index (χ2n) is 16.1. The van der Waals surface area contributed by atoms with Gasteiger partial charge in [0.2, 0.25) is 0 Å². The van der Waals surface area contributed by atoms with Gasteiger partial charge in [-0.2, -0.15) is 0 Å². The molecule has 13 rings (SSSR count). The number of nitrogens with zero attached hydrogens (tertiary/aromatic N) is 4. The number of para-hydroxylation sites is 4. The topological polar surface area (TPSA) is 48.8 Å². The molecule has 0 unspecified atom stereocenters. The molecule has 63 heavy (non-hydrogen) atoms. The van der Waals surface area contributed by atoms with E-state index in [0.717, 1.165) is 94.4 Å². The van der Waals surface area contributed by atoms with Gasteiger partial charge < -0.3 is 13.6 Å². The molecule has 0 bridgehead atoms. The van der Waals surface area contributed by atoms with Gasteiger partial charge in [0.15, 0.2) is 11.4 Å². The highest BCUT2D eigenvalue weighted by Gasteiger charge is 2.27. The number of hydrogen-bond acceptors (Lipinski definition) is 3. The van der Waals surface area contributed by atoms with E-state index in [1.54, 1.807) is 0 Å². The van der Waals surface area contributed by atoms with Gasteiger partial charge in [0.25, 0.3) is 0 Å². The monoisotopic (exact) mass is 804 g/mol. The molecule has 0 spiro atoms. The SMILES string of the molecule is c1ccc(-c2cccc(-c3cc(-c4ccc(-n5c6ccccc6c6c7c8ccccc8oc7c7c(c8ccccc8n7-c7ccccc7)c65)cc4)nc(-c4ccccc4)n3)c2)cc1. The lowest BCUT2D eigenvalue weighted by Crippen LogP contribution is -1.97. The molecule has 0 saturated heterocycles. The van der Waals surface area contributed by atoms with Crippen LogP contribution < -0.4 is 0 Å². The fraction of sp³-hybridized carbons (Fsp3) is 0. The summed E-state index contributed by atoms with van der Waals surface area (Å²) in [5.74, 6) is 0.688. The fourth-order valence-corrected chi connectivity index (χ4v) is 9.73. The third kappa shape index (κ3) is 5.50. The Hall–Kier alpha value is -8.54. The third-order valence-corrected chi connectivity index (χ3v) is 12.5. The Kier molecular flexibility index (Phi) is 7.84. The average molecular weight is 805 g/mol. The van der Waals surface area contributed by atoms with Crippen LogP contribution in [0.2, 0.25) is 0 Å². The van der Waals surface area contributed by atoms with Gasteiger partial charge in [-0.25, -0.2) is 9.97 Å². The van der Waals surface area contributed by atoms with Crippen LogP contribution in [-0.4, -0.2) is 19.1 Å². The lowest BCUT2D eigenvalue weighted by Gasteiger charge is -2.13. The van der Waals surface area contributed by atoms with Crippen molar-refractivity contribution in [3.8, 4) is 56.4 Å². The zero-order chi connectivity index (χ0) is 41.4. The molecule has 0 amide bonds. The summed E-state index contributed by atoms with van der Waals surface area (Å²) in [6.45, 7) is 0. The molecule has 0 fully saturated rings. The van der Waals surface area contributed by atoms with E-state index < -0.39 is 0 Å². The van der Waals surface area contributed by atoms with Crippen LogP contribution in [0.5, 0.6) is 0 Å². The Labute approximate surface area is 362 Å². The maximum absolute atomic E-state index is 6.96. The Balaban J connectivity index is 1.06. The second kappa shape index (κ2) is 14.0. The molecule has 9 aromatic carbocycles. The van der Waals surface area contributed by atoms with Crippen molar-refractivity contribution in [2.75, 3.05) is 0 Å². The summed E-state index contributed by atoms with van der Waals surface area (Å²) in [6, 6.07) is 77.0. The smallest absolute Gasteiger partial charge is 0.160 e. The van der Waals surface area contributed by atoms with Gasteiger partial charge in [-0.05, 0) is 65.7 Å². The van der Waals surface area contributed by atoms with Crippen LogP contribution in [0.3, 0.4) is 0 Å². The van der Waals surface area contributed by atoms with E-state index >= 15 is 0 Å². The normalized spacial score (nSPS) is 11.8. The van der Waals surface area contributed by atoms with Crippen LogP contribution in [-0.2, 0) is 0 Å². The predicted octanol–water partition coefficient (Wildman–Crippen LogP) is 15.2. The highest BCUT2D eigenvalue weighted by atomic mass is 16.3. The van der Waals surface area contributed by atoms with Gasteiger partial charge in [0, 0.05) is 60.4 Å². The number of rotatable bonds is 6. The summed E-state index contributed by atoms with van der Waals surface area (Å²) in [5.41, 5.74) is 15.4. The third-order valence-electron chi connectivity index (χ3n) is 12.5. The first-order chi connectivity index (χ1) is 31.3. The maximum Gasteiger partial charge on any atom is 0.160 e. The number of furan rings is 1. The predicted molar refractivity (Wildman–Crippen MR) is 260 cm³/mol. The van der Waals surface area contributed by atoms with E-state index in [1.807, 2.05) is 24.3 Å². The second-order valence-corrected chi connectivity index (χ2v) is 16.1. The van der Waals surface area contributed by atoms with Crippen LogP contribution in [0.15, 0.2) is 223 Å². The maximum atomic E-state index is 6.96. The number of aromatic nitrogens is 4. The number of fused-ring (bicyclic) bond motifs is 12. The van der Waals surface area contributed by atoms with E-state index in [0.29, 0.717) is 5.82 Å². The molecule has 13 aromatic rings. The van der Waals surface area contributed by atoms with Crippen molar-refractivity contribution >= 4 is 65.6 Å². The van der Waals surface area contributed by atoms with Crippen molar-refractivity contribution in [3.05, 3.63) is 218 Å². The molecule has 5 nitrogen and oxygen atoms in total. The molecule has 0 saturated carbocycles. The van der Waals surface area contributed by atoms with E-state index in [2.05, 4.69) is 203 Å². The summed E-state index contributed by atoms with van der Waals surface area (Å²) in [6.07, 6.45) is 0. The highest BCUT2D eigenvalue weighted by Crippen LogP contribution is 2.49. The molecular weight excluding hydrogens is 769 g/mol. The Bertz CT molecular complexity index is 3880. The molecule has 0 radical (unpaired) electrons. The zero-order valence-electron chi connectivity index (χ0n) is 34.0. The van der Waals surface area contributed by atoms with Crippen molar-refractivity contribution < 1.29 is 4.42 Å². The van der Waals surface area contributed by atoms with Gasteiger partial charge in [-0.1, -0.05) is 164 Å². The zero-order valence-corrected chi connectivity index (χ0v) is 34.0. The minimum Gasteiger partial charge on any atom is -0.454 e. The summed E-state index contributed by atoms with van der Waals surface area (Å²) in [5, 5.41) is 6.91. The molecule has 5 heteroatoms. The van der Waals surface area contributed by atoms with Crippen molar-refractivity contribution in [1.29, 1.82) is 0 Å². The van der Waals surface area contributed by atoms with Crippen molar-refractivity contribution in [1.82, 2.24) is 19.1 Å². The van der Waals surface area contributed by atoms with Gasteiger partial charge in [0.05, 0.1) is 33.5 Å². The quantitative estimate of drug-likeness (QED) is 0.168. The van der Waals surface area contributed by atoms with E-state index in [9.17, 15) is 0 Å². The molecule has 0 aliphatic carbocycles. The summed E-state index contributed by atoms with van der Waals surface area (Å²) in [4.78, 5) is 10.4. The van der Waals surface area contributed by atoms with Crippen molar-refractivity contribution in [3.63, 3.8) is 0 Å². The highest BCUT2D eigenvalue weighted by molar-refractivity contribution is 6.39. The fourth-order valence-electron chi connectivity index (χ4n) is 9.73. The molecule has 294 valence electrons. The number of benzene rings is 9. The van der Waals surface area contributed by atoms with Gasteiger partial charge >= 0.3 is 0 Å². The molecule has 0 aliphatic heterocycles. The van der Waals surface area contributed by atoms with E-state index in [4.69, 9.17) is 14.4 Å². The van der Waals surface area contributed by atoms with Crippen LogP contribution >= 0.6 is 0 Å². The van der Waals surface area contributed by atoms with Crippen LogP contribution in [0.4, 0.5) is 0 Å². The minimum absolute atomic E-state index is 0.688. The Morgan fingerprint density at radius 2 is 0.857 bits per heavy atom. The number of hydrogen-bond donors (Lipinski definition) is 0. The first-order valence-corrected chi connectivity index (χ1v) is 21.3.